The van der Waals surface area contributed by atoms with Crippen molar-refractivity contribution < 1.29 is 4.79 Å². The van der Waals surface area contributed by atoms with Crippen molar-refractivity contribution in [2.75, 3.05) is 11.4 Å². The number of fused-ring (bicyclic) bond motifs is 1. The summed E-state index contributed by atoms with van der Waals surface area (Å²) in [7, 11) is 0. The number of hydrogen-bond donors (Lipinski definition) is 1. The summed E-state index contributed by atoms with van der Waals surface area (Å²) in [6, 6.07) is 14.3. The minimum absolute atomic E-state index is 0.0833. The molecule has 0 atom stereocenters. The van der Waals surface area contributed by atoms with Gasteiger partial charge in [-0.3, -0.25) is 9.69 Å². The molecule has 1 aliphatic heterocycles. The molecule has 0 saturated carbocycles. The molecule has 102 valence electrons. The van der Waals surface area contributed by atoms with Crippen molar-refractivity contribution in [3.63, 3.8) is 0 Å². The van der Waals surface area contributed by atoms with E-state index < -0.39 is 0 Å². The van der Waals surface area contributed by atoms with E-state index in [-0.39, 0.29) is 5.91 Å². The Morgan fingerprint density at radius 2 is 1.70 bits per heavy atom. The first-order chi connectivity index (χ1) is 9.65. The van der Waals surface area contributed by atoms with Crippen LogP contribution in [0.5, 0.6) is 0 Å². The predicted octanol–water partition coefficient (Wildman–Crippen LogP) is 3.07. The number of hydrogen-bond acceptors (Lipinski definition) is 2. The molecule has 3 heteroatoms. The highest BCUT2D eigenvalue weighted by Crippen LogP contribution is 2.31. The topological polar surface area (TPSA) is 32.3 Å². The van der Waals surface area contributed by atoms with Crippen LogP contribution in [0.2, 0.25) is 0 Å². The van der Waals surface area contributed by atoms with Crippen LogP contribution < -0.4 is 10.2 Å². The SMILES string of the molecule is Cc1cc(C)cc(N2C(=O)CNCc3ccccc32)c1. The highest BCUT2D eigenvalue weighted by atomic mass is 16.2. The van der Waals surface area contributed by atoms with Gasteiger partial charge in [0.25, 0.3) is 0 Å². The first kappa shape index (κ1) is 12.9. The fourth-order valence-corrected chi connectivity index (χ4v) is 2.76. The molecule has 0 aliphatic carbocycles. The molecule has 2 aromatic rings. The molecular weight excluding hydrogens is 248 g/mol. The molecule has 0 radical (unpaired) electrons. The summed E-state index contributed by atoms with van der Waals surface area (Å²) < 4.78 is 0. The van der Waals surface area contributed by atoms with Crippen molar-refractivity contribution in [3.8, 4) is 0 Å². The maximum atomic E-state index is 12.5. The number of nitrogens with zero attached hydrogens (tertiary/aromatic N) is 1. The van der Waals surface area contributed by atoms with Gasteiger partial charge in [0.2, 0.25) is 5.91 Å². The molecule has 1 N–H and O–H groups in total. The Labute approximate surface area is 119 Å². The van der Waals surface area contributed by atoms with Crippen LogP contribution in [-0.2, 0) is 11.3 Å². The third kappa shape index (κ3) is 2.32. The number of carbonyl (C=O) groups is 1. The first-order valence-corrected chi connectivity index (χ1v) is 6.85. The van der Waals surface area contributed by atoms with E-state index in [9.17, 15) is 4.79 Å². The lowest BCUT2D eigenvalue weighted by atomic mass is 10.1. The van der Waals surface area contributed by atoms with Crippen LogP contribution in [0.1, 0.15) is 16.7 Å². The van der Waals surface area contributed by atoms with Crippen LogP contribution in [-0.4, -0.2) is 12.5 Å². The maximum absolute atomic E-state index is 12.5. The Hall–Kier alpha value is -2.13. The van der Waals surface area contributed by atoms with Gasteiger partial charge in [0, 0.05) is 12.2 Å². The minimum Gasteiger partial charge on any atom is -0.304 e. The third-order valence-electron chi connectivity index (χ3n) is 3.54. The first-order valence-electron chi connectivity index (χ1n) is 6.85. The summed E-state index contributed by atoms with van der Waals surface area (Å²) in [6.45, 7) is 5.21. The van der Waals surface area contributed by atoms with Gasteiger partial charge in [-0.15, -0.1) is 0 Å². The van der Waals surface area contributed by atoms with Crippen LogP contribution >= 0.6 is 0 Å². The van der Waals surface area contributed by atoms with Crippen molar-refractivity contribution in [1.82, 2.24) is 5.32 Å². The van der Waals surface area contributed by atoms with Crippen molar-refractivity contribution in [2.24, 2.45) is 0 Å². The lowest BCUT2D eigenvalue weighted by Crippen LogP contribution is -2.31. The van der Waals surface area contributed by atoms with Gasteiger partial charge in [0.05, 0.1) is 12.2 Å². The van der Waals surface area contributed by atoms with Gasteiger partial charge < -0.3 is 5.32 Å². The monoisotopic (exact) mass is 266 g/mol. The smallest absolute Gasteiger partial charge is 0.245 e. The highest BCUT2D eigenvalue weighted by molar-refractivity contribution is 6.03. The second-order valence-corrected chi connectivity index (χ2v) is 5.31. The number of nitrogens with one attached hydrogen (secondary N) is 1. The van der Waals surface area contributed by atoms with E-state index in [4.69, 9.17) is 0 Å². The number of carbonyl (C=O) groups excluding carboxylic acids is 1. The quantitative estimate of drug-likeness (QED) is 0.860. The minimum atomic E-state index is 0.0833. The zero-order valence-corrected chi connectivity index (χ0v) is 11.8. The second kappa shape index (κ2) is 5.10. The fraction of sp³-hybridized carbons (Fsp3) is 0.235. The molecule has 0 unspecified atom stereocenters. The molecular formula is C17H18N2O. The van der Waals surface area contributed by atoms with E-state index in [1.165, 1.54) is 11.1 Å². The van der Waals surface area contributed by atoms with Gasteiger partial charge in [-0.2, -0.15) is 0 Å². The van der Waals surface area contributed by atoms with E-state index in [0.717, 1.165) is 23.5 Å². The molecule has 0 aromatic heterocycles. The van der Waals surface area contributed by atoms with Gasteiger partial charge in [-0.1, -0.05) is 24.3 Å². The van der Waals surface area contributed by atoms with Gasteiger partial charge in [0.15, 0.2) is 0 Å². The summed E-state index contributed by atoms with van der Waals surface area (Å²) in [6.07, 6.45) is 0. The fourth-order valence-electron chi connectivity index (χ4n) is 2.76. The third-order valence-corrected chi connectivity index (χ3v) is 3.54. The van der Waals surface area contributed by atoms with Crippen LogP contribution in [0.4, 0.5) is 11.4 Å². The molecule has 1 amide bonds. The van der Waals surface area contributed by atoms with Crippen molar-refractivity contribution in [2.45, 2.75) is 20.4 Å². The van der Waals surface area contributed by atoms with E-state index in [2.05, 4.69) is 43.4 Å². The molecule has 0 spiro atoms. The normalized spacial score (nSPS) is 14.9. The van der Waals surface area contributed by atoms with E-state index in [1.807, 2.05) is 23.1 Å². The molecule has 0 fully saturated rings. The molecule has 3 nitrogen and oxygen atoms in total. The Balaban J connectivity index is 2.17. The summed E-state index contributed by atoms with van der Waals surface area (Å²) in [5.41, 5.74) is 5.42. The van der Waals surface area contributed by atoms with E-state index >= 15 is 0 Å². The summed E-state index contributed by atoms with van der Waals surface area (Å²) in [4.78, 5) is 14.3. The average molecular weight is 266 g/mol. The number of amides is 1. The highest BCUT2D eigenvalue weighted by Gasteiger charge is 2.23. The molecule has 20 heavy (non-hydrogen) atoms. The lowest BCUT2D eigenvalue weighted by molar-refractivity contribution is -0.117. The average Bonchev–Trinajstić information content (AvgIpc) is 2.55. The second-order valence-electron chi connectivity index (χ2n) is 5.31. The number of para-hydroxylation sites is 1. The number of aryl methyl sites for hydroxylation is 2. The molecule has 3 rings (SSSR count). The van der Waals surface area contributed by atoms with Crippen LogP contribution in [0, 0.1) is 13.8 Å². The van der Waals surface area contributed by atoms with Crippen LogP contribution in [0.25, 0.3) is 0 Å². The molecule has 1 aliphatic rings. The Kier molecular flexibility index (Phi) is 3.28. The van der Waals surface area contributed by atoms with Crippen molar-refractivity contribution in [3.05, 3.63) is 59.2 Å². The van der Waals surface area contributed by atoms with Gasteiger partial charge in [0.1, 0.15) is 0 Å². The van der Waals surface area contributed by atoms with Crippen LogP contribution in [0.3, 0.4) is 0 Å². The Morgan fingerprint density at radius 1 is 1.00 bits per heavy atom. The van der Waals surface area contributed by atoms with Crippen LogP contribution in [0.15, 0.2) is 42.5 Å². The summed E-state index contributed by atoms with van der Waals surface area (Å²) in [5, 5.41) is 3.19. The van der Waals surface area contributed by atoms with E-state index in [0.29, 0.717) is 6.54 Å². The van der Waals surface area contributed by atoms with Gasteiger partial charge in [-0.05, 0) is 48.7 Å². The zero-order valence-electron chi connectivity index (χ0n) is 11.8. The van der Waals surface area contributed by atoms with Gasteiger partial charge in [-0.25, -0.2) is 0 Å². The standard InChI is InChI=1S/C17H18N2O/c1-12-7-13(2)9-15(8-12)19-16-6-4-3-5-14(16)10-18-11-17(19)20/h3-9,18H,10-11H2,1-2H3. The number of anilines is 2. The van der Waals surface area contributed by atoms with Gasteiger partial charge >= 0.3 is 0 Å². The molecule has 0 bridgehead atoms. The zero-order chi connectivity index (χ0) is 14.1. The Bertz CT molecular complexity index is 644. The molecule has 1 heterocycles. The maximum Gasteiger partial charge on any atom is 0.245 e. The molecule has 0 saturated heterocycles. The van der Waals surface area contributed by atoms with Crippen molar-refractivity contribution in [1.29, 1.82) is 0 Å². The summed E-state index contributed by atoms with van der Waals surface area (Å²) >= 11 is 0. The Morgan fingerprint density at radius 3 is 2.45 bits per heavy atom. The molecule has 2 aromatic carbocycles. The van der Waals surface area contributed by atoms with E-state index in [1.54, 1.807) is 0 Å². The van der Waals surface area contributed by atoms with Crippen molar-refractivity contribution >= 4 is 17.3 Å². The largest absolute Gasteiger partial charge is 0.304 e. The number of benzene rings is 2. The summed E-state index contributed by atoms with van der Waals surface area (Å²) in [5.74, 6) is 0.0833. The lowest BCUT2D eigenvalue weighted by Gasteiger charge is -2.23. The predicted molar refractivity (Wildman–Crippen MR) is 81.2 cm³/mol. The number of rotatable bonds is 1.